The minimum absolute atomic E-state index is 0.00979. The van der Waals surface area contributed by atoms with Gasteiger partial charge in [-0.1, -0.05) is 89.6 Å². The van der Waals surface area contributed by atoms with Crippen LogP contribution in [0.1, 0.15) is 118 Å². The van der Waals surface area contributed by atoms with Gasteiger partial charge in [-0.15, -0.1) is 0 Å². The molecule has 3 aliphatic rings. The third-order valence-corrected chi connectivity index (χ3v) is 13.6. The summed E-state index contributed by atoms with van der Waals surface area (Å²) in [5.74, 6) is -1.10. The molecule has 1 aromatic rings. The van der Waals surface area contributed by atoms with E-state index < -0.39 is 67.6 Å². The fraction of sp³-hybridized carbons (Fsp3) is 0.737. The molecule has 12 nitrogen and oxygen atoms in total. The summed E-state index contributed by atoms with van der Waals surface area (Å²) in [6.45, 7) is 10.9. The molecule has 1 heterocycles. The Morgan fingerprint density at radius 2 is 1.61 bits per heavy atom. The number of nitrogens with two attached hydrogens (primary N) is 1. The van der Waals surface area contributed by atoms with E-state index in [4.69, 9.17) is 10.5 Å². The van der Waals surface area contributed by atoms with Crippen molar-refractivity contribution < 1.29 is 32.3 Å². The van der Waals surface area contributed by atoms with Crippen LogP contribution in [0.3, 0.4) is 0 Å². The number of carbonyl (C=O) groups excluding carboxylic acids is 4. The van der Waals surface area contributed by atoms with Gasteiger partial charge in [-0.25, -0.2) is 13.2 Å². The number of ether oxygens (including phenoxy) is 1. The maximum atomic E-state index is 14.6. The van der Waals surface area contributed by atoms with Gasteiger partial charge in [0.2, 0.25) is 17.7 Å². The first-order valence-corrected chi connectivity index (χ1v) is 20.3. The molecule has 13 heteroatoms. The Morgan fingerprint density at radius 3 is 2.16 bits per heavy atom. The summed E-state index contributed by atoms with van der Waals surface area (Å²) in [7, 11) is -3.56. The largest absolute Gasteiger partial charge is 0.372 e. The Kier molecular flexibility index (Phi) is 13.2. The smallest absolute Gasteiger partial charge is 0.315 e. The van der Waals surface area contributed by atoms with Gasteiger partial charge in [0.25, 0.3) is 0 Å². The molecule has 286 valence electrons. The van der Waals surface area contributed by atoms with Gasteiger partial charge in [-0.05, 0) is 56.9 Å². The monoisotopic (exact) mass is 731 g/mol. The molecule has 1 aliphatic heterocycles. The number of hydrogen-bond donors (Lipinski definition) is 4. The molecule has 4 atom stereocenters. The van der Waals surface area contributed by atoms with E-state index in [1.807, 2.05) is 51.1 Å². The number of primary amides is 1. The number of likely N-dealkylation sites (tertiary alicyclic amines) is 1. The van der Waals surface area contributed by atoms with E-state index in [2.05, 4.69) is 16.0 Å². The molecule has 1 unspecified atom stereocenters. The van der Waals surface area contributed by atoms with Crippen molar-refractivity contribution in [1.82, 2.24) is 20.9 Å². The van der Waals surface area contributed by atoms with Crippen LogP contribution in [0, 0.1) is 11.3 Å². The lowest BCUT2D eigenvalue weighted by molar-refractivity contribution is -0.142. The minimum atomic E-state index is -3.56. The number of hydrogen-bond acceptors (Lipinski definition) is 7. The number of benzene rings is 1. The molecular weight excluding hydrogens is 671 g/mol. The van der Waals surface area contributed by atoms with Gasteiger partial charge in [-0.2, -0.15) is 0 Å². The summed E-state index contributed by atoms with van der Waals surface area (Å²) < 4.78 is 32.0. The van der Waals surface area contributed by atoms with Crippen LogP contribution < -0.4 is 21.7 Å². The van der Waals surface area contributed by atoms with Crippen molar-refractivity contribution in [3.05, 3.63) is 35.9 Å². The SMILES string of the molecule is CC(C)(C)[C@H](NC(=O)NC1(CS(=O)(=O)C(C)(C)C)CCCCC1)C(=O)N1C[C@H](OCc2ccccc2)C[C@H]1C(=O)NC(CC(N)=O)CC1CCC1. The first kappa shape index (κ1) is 40.6. The van der Waals surface area contributed by atoms with Gasteiger partial charge in [0.1, 0.15) is 12.1 Å². The van der Waals surface area contributed by atoms with Crippen molar-refractivity contribution in [2.24, 2.45) is 17.1 Å². The van der Waals surface area contributed by atoms with Gasteiger partial charge in [-0.3, -0.25) is 14.4 Å². The number of urea groups is 1. The predicted octanol–water partition coefficient (Wildman–Crippen LogP) is 4.35. The lowest BCUT2D eigenvalue weighted by Gasteiger charge is -2.41. The van der Waals surface area contributed by atoms with E-state index in [1.165, 1.54) is 4.90 Å². The Labute approximate surface area is 304 Å². The Bertz CT molecular complexity index is 1480. The Morgan fingerprint density at radius 1 is 0.961 bits per heavy atom. The molecule has 5 N–H and O–H groups in total. The third kappa shape index (κ3) is 11.2. The third-order valence-electron chi connectivity index (χ3n) is 10.8. The lowest BCUT2D eigenvalue weighted by atomic mass is 9.80. The van der Waals surface area contributed by atoms with E-state index in [0.717, 1.165) is 44.1 Å². The second-order valence-corrected chi connectivity index (χ2v) is 19.9. The zero-order chi connectivity index (χ0) is 37.6. The molecule has 0 spiro atoms. The average molecular weight is 732 g/mol. The van der Waals surface area contributed by atoms with Crippen molar-refractivity contribution in [3.8, 4) is 0 Å². The molecule has 0 aromatic heterocycles. The molecular formula is C38H61N5O7S. The molecule has 2 saturated carbocycles. The van der Waals surface area contributed by atoms with Gasteiger partial charge in [0.05, 0.1) is 28.7 Å². The highest BCUT2D eigenvalue weighted by molar-refractivity contribution is 7.92. The number of nitrogens with one attached hydrogen (secondary N) is 3. The van der Waals surface area contributed by atoms with Gasteiger partial charge < -0.3 is 31.3 Å². The van der Waals surface area contributed by atoms with Gasteiger partial charge in [0.15, 0.2) is 9.84 Å². The fourth-order valence-corrected chi connectivity index (χ4v) is 8.92. The quantitative estimate of drug-likeness (QED) is 0.220. The van der Waals surface area contributed by atoms with Crippen LogP contribution in [0.15, 0.2) is 30.3 Å². The highest BCUT2D eigenvalue weighted by Crippen LogP contribution is 2.34. The predicted molar refractivity (Wildman–Crippen MR) is 197 cm³/mol. The Balaban J connectivity index is 1.56. The number of amides is 5. The van der Waals surface area contributed by atoms with Crippen LogP contribution in [0.2, 0.25) is 0 Å². The summed E-state index contributed by atoms with van der Waals surface area (Å²) in [4.78, 5) is 55.8. The van der Waals surface area contributed by atoms with E-state index >= 15 is 0 Å². The van der Waals surface area contributed by atoms with Crippen molar-refractivity contribution in [2.45, 2.75) is 153 Å². The molecule has 3 fully saturated rings. The van der Waals surface area contributed by atoms with Crippen molar-refractivity contribution >= 4 is 33.6 Å². The standard InChI is InChI=1S/C38H61N5O7S/c1-36(2,3)32(41-35(47)42-38(18-11-8-12-19-38)25-51(48,49)37(4,5)6)34(46)43-23-29(50-24-27-14-9-7-10-15-27)22-30(43)33(45)40-28(21-31(39)44)20-26-16-13-17-26/h7,9-10,14-15,26,28-30,32H,8,11-13,16-25H2,1-6H3,(H2,39,44)(H,40,45)(H2,41,42,47)/t28?,29-,30+,32-/m1/s1. The maximum Gasteiger partial charge on any atom is 0.315 e. The summed E-state index contributed by atoms with van der Waals surface area (Å²) in [5, 5.41) is 8.95. The topological polar surface area (TPSA) is 177 Å². The Hall–Kier alpha value is -3.19. The van der Waals surface area contributed by atoms with Crippen LogP contribution in [0.25, 0.3) is 0 Å². The zero-order valence-electron chi connectivity index (χ0n) is 31.5. The fourth-order valence-electron chi connectivity index (χ4n) is 7.40. The van der Waals surface area contributed by atoms with E-state index in [9.17, 15) is 27.6 Å². The summed E-state index contributed by atoms with van der Waals surface area (Å²) in [6.07, 6.45) is 7.21. The number of rotatable bonds is 14. The summed E-state index contributed by atoms with van der Waals surface area (Å²) in [6, 6.07) is 6.64. The molecule has 4 rings (SSSR count). The van der Waals surface area contributed by atoms with E-state index in [0.29, 0.717) is 31.8 Å². The first-order valence-electron chi connectivity index (χ1n) is 18.6. The average Bonchev–Trinajstić information content (AvgIpc) is 3.44. The van der Waals surface area contributed by atoms with Gasteiger partial charge >= 0.3 is 6.03 Å². The molecule has 1 saturated heterocycles. The maximum absolute atomic E-state index is 14.6. The second-order valence-electron chi connectivity index (χ2n) is 17.2. The number of sulfone groups is 1. The van der Waals surface area contributed by atoms with Crippen LogP contribution in [0.4, 0.5) is 4.79 Å². The van der Waals surface area contributed by atoms with Crippen molar-refractivity contribution in [2.75, 3.05) is 12.3 Å². The zero-order valence-corrected chi connectivity index (χ0v) is 32.3. The van der Waals surface area contributed by atoms with Crippen LogP contribution in [-0.2, 0) is 35.6 Å². The number of carbonyl (C=O) groups is 4. The van der Waals surface area contributed by atoms with E-state index in [1.54, 1.807) is 20.8 Å². The highest BCUT2D eigenvalue weighted by Gasteiger charge is 2.47. The molecule has 5 amide bonds. The van der Waals surface area contributed by atoms with Gasteiger partial charge in [0, 0.05) is 25.4 Å². The molecule has 0 bridgehead atoms. The summed E-state index contributed by atoms with van der Waals surface area (Å²) in [5.41, 5.74) is 4.79. The van der Waals surface area contributed by atoms with Crippen LogP contribution in [-0.4, -0.2) is 83.9 Å². The van der Waals surface area contributed by atoms with Crippen molar-refractivity contribution in [3.63, 3.8) is 0 Å². The van der Waals surface area contributed by atoms with Crippen LogP contribution >= 0.6 is 0 Å². The summed E-state index contributed by atoms with van der Waals surface area (Å²) >= 11 is 0. The highest BCUT2D eigenvalue weighted by atomic mass is 32.2. The minimum Gasteiger partial charge on any atom is -0.372 e. The lowest BCUT2D eigenvalue weighted by Crippen LogP contribution is -2.63. The second kappa shape index (κ2) is 16.7. The molecule has 2 aliphatic carbocycles. The van der Waals surface area contributed by atoms with Crippen molar-refractivity contribution in [1.29, 1.82) is 0 Å². The first-order chi connectivity index (χ1) is 23.8. The molecule has 0 radical (unpaired) electrons. The van der Waals surface area contributed by atoms with E-state index in [-0.39, 0.29) is 31.0 Å². The normalized spacial score (nSPS) is 22.4. The molecule has 1 aromatic carbocycles. The molecule has 51 heavy (non-hydrogen) atoms. The number of nitrogens with zero attached hydrogens (tertiary/aromatic N) is 1. The van der Waals surface area contributed by atoms with Crippen LogP contribution in [0.5, 0.6) is 0 Å².